The zero-order chi connectivity index (χ0) is 16.3. The summed E-state index contributed by atoms with van der Waals surface area (Å²) in [7, 11) is 0. The number of nitrogens with one attached hydrogen (secondary N) is 2. The van der Waals surface area contributed by atoms with E-state index in [1.165, 1.54) is 24.3 Å². The lowest BCUT2D eigenvalue weighted by Crippen LogP contribution is -2.27. The molecule has 0 aliphatic carbocycles. The second kappa shape index (κ2) is 6.08. The van der Waals surface area contributed by atoms with E-state index in [1.807, 2.05) is 4.98 Å². The quantitative estimate of drug-likeness (QED) is 0.625. The van der Waals surface area contributed by atoms with Crippen LogP contribution in [-0.4, -0.2) is 31.9 Å². The maximum absolute atomic E-state index is 11.8. The van der Waals surface area contributed by atoms with Gasteiger partial charge in [-0.3, -0.25) is 19.8 Å². The van der Waals surface area contributed by atoms with Crippen LogP contribution in [0.3, 0.4) is 0 Å². The molecule has 0 atom stereocenters. The fourth-order valence-corrected chi connectivity index (χ4v) is 1.89. The lowest BCUT2D eigenvalue weighted by atomic mass is 10.1. The van der Waals surface area contributed by atoms with Gasteiger partial charge in [0.25, 0.3) is 5.56 Å². The van der Waals surface area contributed by atoms with Crippen molar-refractivity contribution in [3.8, 4) is 5.88 Å². The predicted octanol–water partition coefficient (Wildman–Crippen LogP) is 0.998. The van der Waals surface area contributed by atoms with Gasteiger partial charge in [-0.05, 0) is 30.7 Å². The number of aromatic hydroxyl groups is 1. The number of H-pyrrole nitrogens is 2. The molecule has 1 aromatic heterocycles. The summed E-state index contributed by atoms with van der Waals surface area (Å²) in [5, 5.41) is 18.6. The number of aromatic carboxylic acids is 1. The Morgan fingerprint density at radius 1 is 1.18 bits per heavy atom. The molecule has 0 saturated carbocycles. The zero-order valence-electron chi connectivity index (χ0n) is 11.6. The van der Waals surface area contributed by atoms with E-state index in [9.17, 15) is 19.5 Å². The number of carboxylic acid groups (broad SMARTS) is 1. The van der Waals surface area contributed by atoms with E-state index in [2.05, 4.69) is 9.98 Å². The van der Waals surface area contributed by atoms with Gasteiger partial charge in [-0.25, -0.2) is 9.59 Å². The first-order chi connectivity index (χ1) is 10.4. The number of hydrogen-bond donors (Lipinski definition) is 4. The average Bonchev–Trinajstić information content (AvgIpc) is 2.45. The Bertz CT molecular complexity index is 846. The highest BCUT2D eigenvalue weighted by Gasteiger charge is 2.14. The summed E-state index contributed by atoms with van der Waals surface area (Å²) >= 11 is 0. The molecule has 0 aliphatic heterocycles. The first-order valence-electron chi connectivity index (χ1n) is 6.39. The summed E-state index contributed by atoms with van der Waals surface area (Å²) in [6, 6.07) is 5.73. The average molecular weight is 303 g/mol. The third-order valence-corrected chi connectivity index (χ3v) is 2.92. The zero-order valence-corrected chi connectivity index (χ0v) is 11.6. The van der Waals surface area contributed by atoms with Gasteiger partial charge in [0, 0.05) is 0 Å². The molecule has 8 nitrogen and oxygen atoms in total. The first kappa shape index (κ1) is 15.2. The van der Waals surface area contributed by atoms with Crippen LogP contribution in [0, 0.1) is 0 Å². The molecule has 0 saturated heterocycles. The molecule has 4 N–H and O–H groups in total. The molecule has 0 aliphatic rings. The maximum Gasteiger partial charge on any atom is 0.335 e. The van der Waals surface area contributed by atoms with Gasteiger partial charge in [-0.2, -0.15) is 0 Å². The van der Waals surface area contributed by atoms with Crippen molar-refractivity contribution in [3.05, 3.63) is 56.2 Å². The molecule has 0 unspecified atom stereocenters. The minimum Gasteiger partial charge on any atom is -0.494 e. The second-order valence-corrected chi connectivity index (χ2v) is 4.40. The summed E-state index contributed by atoms with van der Waals surface area (Å²) in [6.45, 7) is 1.73. The fourth-order valence-electron chi connectivity index (χ4n) is 1.89. The molecule has 0 fully saturated rings. The summed E-state index contributed by atoms with van der Waals surface area (Å²) < 4.78 is 0. The highest BCUT2D eigenvalue weighted by atomic mass is 16.4. The smallest absolute Gasteiger partial charge is 0.335 e. The number of hydrogen-bond acceptors (Lipinski definition) is 5. The molecule has 2 aromatic rings. The SMILES string of the molecule is CCC(=Nc1ccc(C(=O)O)cc1)c1c(O)[nH]c(=O)[nH]c1=O. The Labute approximate surface area is 123 Å². The van der Waals surface area contributed by atoms with Gasteiger partial charge >= 0.3 is 11.7 Å². The van der Waals surface area contributed by atoms with Gasteiger partial charge in [-0.1, -0.05) is 6.92 Å². The van der Waals surface area contributed by atoms with E-state index in [0.29, 0.717) is 12.1 Å². The number of aromatic amines is 2. The third kappa shape index (κ3) is 3.11. The van der Waals surface area contributed by atoms with Crippen molar-refractivity contribution < 1.29 is 15.0 Å². The Morgan fingerprint density at radius 3 is 2.32 bits per heavy atom. The van der Waals surface area contributed by atoms with Crippen molar-refractivity contribution >= 4 is 17.4 Å². The van der Waals surface area contributed by atoms with Crippen LogP contribution >= 0.6 is 0 Å². The van der Waals surface area contributed by atoms with Gasteiger partial charge < -0.3 is 10.2 Å². The van der Waals surface area contributed by atoms with Crippen molar-refractivity contribution in [2.24, 2.45) is 4.99 Å². The van der Waals surface area contributed by atoms with Crippen LogP contribution in [0.2, 0.25) is 0 Å². The number of benzene rings is 1. The lowest BCUT2D eigenvalue weighted by Gasteiger charge is -2.05. The molecule has 0 amide bonds. The molecule has 2 rings (SSSR count). The summed E-state index contributed by atoms with van der Waals surface area (Å²) in [6.07, 6.45) is 0.323. The maximum atomic E-state index is 11.8. The molecule has 0 radical (unpaired) electrons. The number of aliphatic imine (C=N–C) groups is 1. The Balaban J connectivity index is 2.50. The summed E-state index contributed by atoms with van der Waals surface area (Å²) in [5.74, 6) is -1.61. The van der Waals surface area contributed by atoms with Crippen molar-refractivity contribution in [1.29, 1.82) is 0 Å². The number of carbonyl (C=O) groups is 1. The van der Waals surface area contributed by atoms with Crippen molar-refractivity contribution in [2.75, 3.05) is 0 Å². The molecule has 22 heavy (non-hydrogen) atoms. The lowest BCUT2D eigenvalue weighted by molar-refractivity contribution is 0.0697. The van der Waals surface area contributed by atoms with Crippen molar-refractivity contribution in [1.82, 2.24) is 9.97 Å². The van der Waals surface area contributed by atoms with Gasteiger partial charge in [-0.15, -0.1) is 0 Å². The normalized spacial score (nSPS) is 11.4. The minimum atomic E-state index is -1.05. The molecule has 1 heterocycles. The van der Waals surface area contributed by atoms with Gasteiger partial charge in [0.2, 0.25) is 5.88 Å². The molecular formula is C14H13N3O5. The van der Waals surface area contributed by atoms with Gasteiger partial charge in [0.05, 0.1) is 17.0 Å². The minimum absolute atomic E-state index is 0.113. The molecule has 1 aromatic carbocycles. The molecule has 114 valence electrons. The van der Waals surface area contributed by atoms with Crippen LogP contribution in [0.25, 0.3) is 0 Å². The molecule has 0 bridgehead atoms. The second-order valence-electron chi connectivity index (χ2n) is 4.40. The standard InChI is InChI=1S/C14H13N3O5/c1-2-9(10-11(18)16-14(22)17-12(10)19)15-8-5-3-7(4-6-8)13(20)21/h3-6H,2H2,1H3,(H,20,21)(H3,16,17,18,19,22). The third-order valence-electron chi connectivity index (χ3n) is 2.92. The van der Waals surface area contributed by atoms with E-state index in [0.717, 1.165) is 0 Å². The number of nitrogens with zero attached hydrogens (tertiary/aromatic N) is 1. The van der Waals surface area contributed by atoms with Gasteiger partial charge in [0.15, 0.2) is 0 Å². The Kier molecular flexibility index (Phi) is 4.21. The highest BCUT2D eigenvalue weighted by molar-refractivity contribution is 6.03. The number of carboxylic acids is 1. The van der Waals surface area contributed by atoms with Crippen LogP contribution in [0.1, 0.15) is 29.3 Å². The van der Waals surface area contributed by atoms with Gasteiger partial charge in [0.1, 0.15) is 5.56 Å². The largest absolute Gasteiger partial charge is 0.494 e. The van der Waals surface area contributed by atoms with E-state index >= 15 is 0 Å². The summed E-state index contributed by atoms with van der Waals surface area (Å²) in [5.41, 5.74) is -0.882. The number of aromatic nitrogens is 2. The highest BCUT2D eigenvalue weighted by Crippen LogP contribution is 2.17. The van der Waals surface area contributed by atoms with Crippen molar-refractivity contribution in [2.45, 2.75) is 13.3 Å². The topological polar surface area (TPSA) is 136 Å². The molecule has 8 heteroatoms. The van der Waals surface area contributed by atoms with E-state index in [-0.39, 0.29) is 16.8 Å². The summed E-state index contributed by atoms with van der Waals surface area (Å²) in [4.78, 5) is 42.0. The van der Waals surface area contributed by atoms with Crippen LogP contribution in [-0.2, 0) is 0 Å². The van der Waals surface area contributed by atoms with E-state index < -0.39 is 23.1 Å². The fraction of sp³-hybridized carbons (Fsp3) is 0.143. The monoisotopic (exact) mass is 303 g/mol. The van der Waals surface area contributed by atoms with Crippen LogP contribution in [0.5, 0.6) is 5.88 Å². The first-order valence-corrected chi connectivity index (χ1v) is 6.39. The van der Waals surface area contributed by atoms with Crippen LogP contribution < -0.4 is 11.2 Å². The van der Waals surface area contributed by atoms with Crippen molar-refractivity contribution in [3.63, 3.8) is 0 Å². The molecular weight excluding hydrogens is 290 g/mol. The Morgan fingerprint density at radius 2 is 1.82 bits per heavy atom. The number of rotatable bonds is 4. The van der Waals surface area contributed by atoms with Crippen LogP contribution in [0.15, 0.2) is 38.8 Å². The van der Waals surface area contributed by atoms with Crippen LogP contribution in [0.4, 0.5) is 5.69 Å². The Hall–Kier alpha value is -3.16. The predicted molar refractivity (Wildman–Crippen MR) is 79.2 cm³/mol. The molecule has 0 spiro atoms. The van der Waals surface area contributed by atoms with E-state index in [1.54, 1.807) is 6.92 Å². The van der Waals surface area contributed by atoms with E-state index in [4.69, 9.17) is 5.11 Å².